The summed E-state index contributed by atoms with van der Waals surface area (Å²) < 4.78 is 1.17. The van der Waals surface area contributed by atoms with Crippen molar-refractivity contribution in [1.82, 2.24) is 36.2 Å². The summed E-state index contributed by atoms with van der Waals surface area (Å²) in [4.78, 5) is 9.99. The number of aromatic nitrogens is 6. The van der Waals surface area contributed by atoms with Crippen LogP contribution in [0.3, 0.4) is 0 Å². The molecule has 0 unspecified atom stereocenters. The van der Waals surface area contributed by atoms with Gasteiger partial charge in [0.05, 0.1) is 0 Å². The number of hydrogen-bond acceptors (Lipinski definition) is 8. The summed E-state index contributed by atoms with van der Waals surface area (Å²) in [5.74, 6) is -0.0498. The number of hydrazine groups is 1. The Morgan fingerprint density at radius 2 is 2.21 bits per heavy atom. The average Bonchev–Trinajstić information content (AvgIpc) is 2.49. The van der Waals surface area contributed by atoms with E-state index >= 15 is 0 Å². The van der Waals surface area contributed by atoms with E-state index < -0.39 is 5.03 Å². The number of rotatable bonds is 2. The van der Waals surface area contributed by atoms with Gasteiger partial charge in [0, 0.05) is 0 Å². The summed E-state index contributed by atoms with van der Waals surface area (Å²) in [6.45, 7) is 0. The van der Waals surface area contributed by atoms with Gasteiger partial charge in [0.1, 0.15) is 6.33 Å². The van der Waals surface area contributed by atoms with Gasteiger partial charge in [-0.25, -0.2) is 10.1 Å². The van der Waals surface area contributed by atoms with E-state index in [0.717, 1.165) is 0 Å². The number of nitrogens with zero attached hydrogens (tertiary/aromatic N) is 7. The monoisotopic (exact) mass is 199 g/mol. The SMILES string of the molecule is N.O=[N+]([O-])Nc1nnc2nncn2n1. The minimum atomic E-state index is -0.785. The van der Waals surface area contributed by atoms with Crippen LogP contribution in [0.2, 0.25) is 0 Å². The summed E-state index contributed by atoms with van der Waals surface area (Å²) in [7, 11) is 0. The van der Waals surface area contributed by atoms with Crippen molar-refractivity contribution in [2.75, 3.05) is 5.43 Å². The molecule has 4 N–H and O–H groups in total. The molecule has 0 bridgehead atoms. The number of fused-ring (bicyclic) bond motifs is 1. The molecule has 0 spiro atoms. The molecule has 0 aliphatic carbocycles. The molecule has 2 heterocycles. The van der Waals surface area contributed by atoms with Crippen molar-refractivity contribution in [3.63, 3.8) is 0 Å². The van der Waals surface area contributed by atoms with Crippen molar-refractivity contribution in [3.05, 3.63) is 16.4 Å². The van der Waals surface area contributed by atoms with E-state index in [9.17, 15) is 10.1 Å². The van der Waals surface area contributed by atoms with Crippen LogP contribution in [0.1, 0.15) is 0 Å². The van der Waals surface area contributed by atoms with Crippen LogP contribution in [-0.4, -0.2) is 35.0 Å². The lowest BCUT2D eigenvalue weighted by atomic mass is 11.0. The summed E-state index contributed by atoms with van der Waals surface area (Å²) in [5.41, 5.74) is 1.75. The minimum Gasteiger partial charge on any atom is -0.344 e. The molecule has 0 aliphatic heterocycles. The molecule has 2 aromatic rings. The highest BCUT2D eigenvalue weighted by atomic mass is 16.7. The van der Waals surface area contributed by atoms with Crippen LogP contribution in [0.5, 0.6) is 0 Å². The second kappa shape index (κ2) is 3.53. The van der Waals surface area contributed by atoms with E-state index in [-0.39, 0.29) is 17.9 Å². The second-order valence-corrected chi connectivity index (χ2v) is 1.97. The predicted molar refractivity (Wildman–Crippen MR) is 42.0 cm³/mol. The van der Waals surface area contributed by atoms with E-state index in [0.29, 0.717) is 0 Å². The van der Waals surface area contributed by atoms with Gasteiger partial charge >= 0.3 is 5.95 Å². The van der Waals surface area contributed by atoms with Crippen LogP contribution in [0.15, 0.2) is 6.33 Å². The third-order valence-electron chi connectivity index (χ3n) is 1.14. The molecule has 2 aromatic heterocycles. The Morgan fingerprint density at radius 3 is 2.93 bits per heavy atom. The first kappa shape index (κ1) is 9.66. The third-order valence-corrected chi connectivity index (χ3v) is 1.14. The van der Waals surface area contributed by atoms with Crippen LogP contribution in [0.25, 0.3) is 5.78 Å². The van der Waals surface area contributed by atoms with Crippen molar-refractivity contribution in [3.8, 4) is 0 Å². The first-order valence-corrected chi connectivity index (χ1v) is 3.07. The van der Waals surface area contributed by atoms with Crippen molar-refractivity contribution in [2.24, 2.45) is 0 Å². The lowest BCUT2D eigenvalue weighted by Gasteiger charge is -1.92. The van der Waals surface area contributed by atoms with Crippen LogP contribution < -0.4 is 11.6 Å². The highest BCUT2D eigenvalue weighted by Crippen LogP contribution is 1.94. The van der Waals surface area contributed by atoms with Gasteiger partial charge in [0.25, 0.3) is 5.78 Å². The van der Waals surface area contributed by atoms with E-state index in [1.54, 1.807) is 5.43 Å². The second-order valence-electron chi connectivity index (χ2n) is 1.97. The predicted octanol–water partition coefficient (Wildman–Crippen LogP) is -1.32. The van der Waals surface area contributed by atoms with Crippen LogP contribution in [-0.2, 0) is 0 Å². The Bertz CT molecular complexity index is 450. The first-order chi connectivity index (χ1) is 6.25. The fourth-order valence-corrected chi connectivity index (χ4v) is 0.701. The van der Waals surface area contributed by atoms with E-state index in [2.05, 4.69) is 25.5 Å². The number of nitro groups is 1. The van der Waals surface area contributed by atoms with E-state index in [1.807, 2.05) is 0 Å². The van der Waals surface area contributed by atoms with Gasteiger partial charge < -0.3 is 6.15 Å². The quantitative estimate of drug-likeness (QED) is 0.441. The van der Waals surface area contributed by atoms with Gasteiger partial charge in [0.2, 0.25) is 0 Å². The smallest absolute Gasteiger partial charge is 0.321 e. The lowest BCUT2D eigenvalue weighted by Crippen LogP contribution is -2.13. The molecule has 0 aliphatic rings. The Balaban J connectivity index is 0.000000980. The number of nitrogens with one attached hydrogen (secondary N) is 1. The van der Waals surface area contributed by atoms with E-state index in [4.69, 9.17) is 0 Å². The maximum atomic E-state index is 9.99. The van der Waals surface area contributed by atoms with Crippen molar-refractivity contribution >= 4 is 11.7 Å². The maximum absolute atomic E-state index is 9.99. The Labute approximate surface area is 75.9 Å². The summed E-state index contributed by atoms with van der Waals surface area (Å²) in [5, 5.41) is 26.7. The molecule has 11 nitrogen and oxygen atoms in total. The average molecular weight is 199 g/mol. The molecule has 0 fully saturated rings. The fraction of sp³-hybridized carbons (Fsp3) is 0. The summed E-state index contributed by atoms with van der Waals surface area (Å²) >= 11 is 0. The maximum Gasteiger partial charge on any atom is 0.321 e. The molecule has 0 amide bonds. The van der Waals surface area contributed by atoms with Gasteiger partial charge in [-0.1, -0.05) is 5.43 Å². The zero-order chi connectivity index (χ0) is 9.26. The summed E-state index contributed by atoms with van der Waals surface area (Å²) in [6.07, 6.45) is 1.26. The molecule has 2 rings (SSSR count). The Kier molecular flexibility index (Phi) is 2.43. The van der Waals surface area contributed by atoms with Crippen LogP contribution >= 0.6 is 0 Å². The molecule has 0 radical (unpaired) electrons. The fourth-order valence-electron chi connectivity index (χ4n) is 0.701. The molecule has 0 saturated carbocycles. The van der Waals surface area contributed by atoms with Gasteiger partial charge in [-0.2, -0.15) is 4.52 Å². The number of anilines is 1. The zero-order valence-electron chi connectivity index (χ0n) is 6.73. The molecule has 11 heteroatoms. The molecular formula is C3H5N9O2. The Morgan fingerprint density at radius 1 is 1.43 bits per heavy atom. The molecule has 0 aromatic carbocycles. The van der Waals surface area contributed by atoms with Crippen LogP contribution in [0.4, 0.5) is 5.95 Å². The van der Waals surface area contributed by atoms with Crippen molar-refractivity contribution < 1.29 is 5.03 Å². The zero-order valence-corrected chi connectivity index (χ0v) is 6.73. The highest BCUT2D eigenvalue weighted by molar-refractivity contribution is 5.24. The van der Waals surface area contributed by atoms with Gasteiger partial charge in [0.15, 0.2) is 5.03 Å². The molecule has 0 atom stereocenters. The van der Waals surface area contributed by atoms with E-state index in [1.165, 1.54) is 10.8 Å². The number of hydrogen-bond donors (Lipinski definition) is 2. The first-order valence-electron chi connectivity index (χ1n) is 3.07. The topological polar surface area (TPSA) is 159 Å². The highest BCUT2D eigenvalue weighted by Gasteiger charge is 2.05. The minimum absolute atomic E-state index is 0. The molecular weight excluding hydrogens is 194 g/mol. The van der Waals surface area contributed by atoms with Gasteiger partial charge in [-0.15, -0.1) is 25.5 Å². The van der Waals surface area contributed by atoms with Crippen molar-refractivity contribution in [1.29, 1.82) is 0 Å². The normalized spacial score (nSPS) is 9.43. The molecule has 0 saturated heterocycles. The molecule has 14 heavy (non-hydrogen) atoms. The Hall–Kier alpha value is -2.43. The van der Waals surface area contributed by atoms with Crippen molar-refractivity contribution in [2.45, 2.75) is 0 Å². The molecule has 74 valence electrons. The third kappa shape index (κ3) is 1.66. The van der Waals surface area contributed by atoms with Gasteiger partial charge in [-0.3, -0.25) is 0 Å². The lowest BCUT2D eigenvalue weighted by molar-refractivity contribution is -0.446. The standard InChI is InChI=1S/C3H2N8O2.H3N/c12-11(13)9-2-5-7-3-6-4-1-10(3)8-2;/h1H,(H,8,9);1H3. The summed E-state index contributed by atoms with van der Waals surface area (Å²) in [6, 6.07) is 0. The van der Waals surface area contributed by atoms with Crippen LogP contribution in [0, 0.1) is 10.1 Å². The largest absolute Gasteiger partial charge is 0.344 e. The van der Waals surface area contributed by atoms with Gasteiger partial charge in [-0.05, 0) is 0 Å².